The van der Waals surface area contributed by atoms with Crippen LogP contribution in [-0.4, -0.2) is 47.4 Å². The van der Waals surface area contributed by atoms with Crippen LogP contribution >= 0.6 is 0 Å². The fraction of sp³-hybridized carbons (Fsp3) is 0.692. The van der Waals surface area contributed by atoms with E-state index in [-0.39, 0.29) is 81.8 Å². The van der Waals surface area contributed by atoms with Crippen LogP contribution in [-0.2, 0) is 32.0 Å². The number of hydrogen-bond acceptors (Lipinski definition) is 7. The summed E-state index contributed by atoms with van der Waals surface area (Å²) in [7, 11) is -3.51. The number of hydrogen-bond donors (Lipinski definition) is 0. The van der Waals surface area contributed by atoms with E-state index in [4.69, 9.17) is 22.4 Å². The smallest absolute Gasteiger partial charge is 1.00 e. The predicted molar refractivity (Wildman–Crippen MR) is 79.3 cm³/mol. The molecule has 0 unspecified atom stereocenters. The third-order valence-electron chi connectivity index (χ3n) is 1.99. The average molecular weight is 368 g/mol. The molecule has 0 saturated heterocycles. The van der Waals surface area contributed by atoms with E-state index in [0.29, 0.717) is 13.0 Å². The summed E-state index contributed by atoms with van der Waals surface area (Å²) >= 11 is 0. The summed E-state index contributed by atoms with van der Waals surface area (Å²) in [5.41, 5.74) is 0. The van der Waals surface area contributed by atoms with Crippen molar-refractivity contribution >= 4 is 21.0 Å². The van der Waals surface area contributed by atoms with E-state index in [9.17, 15) is 9.59 Å². The van der Waals surface area contributed by atoms with Crippen LogP contribution in [0.4, 0.5) is 0 Å². The quantitative estimate of drug-likeness (QED) is 0.208. The van der Waals surface area contributed by atoms with Crippen LogP contribution < -0.4 is 59.1 Å². The minimum absolute atomic E-state index is 0. The van der Waals surface area contributed by atoms with Crippen molar-refractivity contribution in [1.82, 2.24) is 0 Å². The van der Waals surface area contributed by atoms with Crippen LogP contribution in [0.5, 0.6) is 0 Å². The second-order valence-corrected chi connectivity index (χ2v) is 5.79. The van der Waals surface area contributed by atoms with E-state index in [2.05, 4.69) is 0 Å². The van der Waals surface area contributed by atoms with Crippen molar-refractivity contribution in [2.24, 2.45) is 0 Å². The van der Waals surface area contributed by atoms with Gasteiger partial charge in [-0.2, -0.15) is 0 Å². The van der Waals surface area contributed by atoms with Crippen molar-refractivity contribution in [2.75, 3.05) is 26.4 Å². The zero-order valence-corrected chi connectivity index (χ0v) is 20.0. The van der Waals surface area contributed by atoms with E-state index in [0.717, 1.165) is 12.2 Å². The Balaban J connectivity index is -0.000000333. The molecule has 0 amide bonds. The Morgan fingerprint density at radius 3 is 1.70 bits per heavy atom. The van der Waals surface area contributed by atoms with Gasteiger partial charge in [0.15, 0.2) is 0 Å². The van der Waals surface area contributed by atoms with Crippen LogP contribution in [0.1, 0.15) is 37.0 Å². The molecule has 0 saturated carbocycles. The largest absolute Gasteiger partial charge is 1.00 e. The third-order valence-corrected chi connectivity index (χ3v) is 4.37. The second-order valence-electron chi connectivity index (χ2n) is 3.72. The van der Waals surface area contributed by atoms with E-state index in [1.165, 1.54) is 0 Å². The molecule has 0 rings (SSSR count). The normalized spacial score (nSPS) is 10.6. The van der Waals surface area contributed by atoms with Gasteiger partial charge in [0.25, 0.3) is 0 Å². The van der Waals surface area contributed by atoms with Gasteiger partial charge in [-0.1, -0.05) is 6.92 Å². The fourth-order valence-electron chi connectivity index (χ4n) is 1.29. The van der Waals surface area contributed by atoms with Crippen molar-refractivity contribution in [3.63, 3.8) is 0 Å². The molecule has 10 heteroatoms. The summed E-state index contributed by atoms with van der Waals surface area (Å²) in [5.74, 6) is -1.38. The Kier molecular flexibility index (Phi) is 21.9. The summed E-state index contributed by atoms with van der Waals surface area (Å²) in [6.07, 6.45) is 2.68. The Hall–Kier alpha value is 0.777. The Morgan fingerprint density at radius 1 is 0.870 bits per heavy atom. The number of ether oxygens (including phenoxy) is 1. The minimum Gasteiger partial charge on any atom is -1.00 e. The molecule has 0 fully saturated rings. The zero-order valence-electron chi connectivity index (χ0n) is 17.0. The number of carbonyl (C=O) groups is 2. The number of esters is 1. The first kappa shape index (κ1) is 28.6. The van der Waals surface area contributed by atoms with Gasteiger partial charge in [-0.05, 0) is 27.2 Å². The van der Waals surface area contributed by atoms with Gasteiger partial charge in [-0.15, -0.1) is 0 Å². The number of rotatable bonds is 11. The standard InChI is InChI=1S/C13H24O7Si.2Na.2H/c1-5-11-16-12(14)9-10-13(15)20-21(17-6-2,18-7-3)19-8-4;;;;/h9-10H,5-8,11H2,1-4H3;;;;/q;2*+1;2*-1/b10-9+;;;;. The molecule has 0 bridgehead atoms. The molecule has 0 aliphatic rings. The summed E-state index contributed by atoms with van der Waals surface area (Å²) in [6, 6.07) is 0. The zero-order chi connectivity index (χ0) is 16.1. The SMILES string of the molecule is CCCOC(=O)/C=C/C(=O)O[Si](OCC)(OCC)OCC.[H-].[H-].[Na+].[Na+]. The van der Waals surface area contributed by atoms with Gasteiger partial charge in [0.05, 0.1) is 6.61 Å². The van der Waals surface area contributed by atoms with Crippen molar-refractivity contribution in [2.45, 2.75) is 34.1 Å². The maximum absolute atomic E-state index is 11.7. The Morgan fingerprint density at radius 2 is 1.30 bits per heavy atom. The van der Waals surface area contributed by atoms with Gasteiger partial charge in [0.2, 0.25) is 0 Å². The van der Waals surface area contributed by atoms with Crippen LogP contribution in [0.3, 0.4) is 0 Å². The van der Waals surface area contributed by atoms with Gasteiger partial charge in [0, 0.05) is 32.0 Å². The minimum atomic E-state index is -3.51. The number of carbonyl (C=O) groups excluding carboxylic acids is 2. The Bertz CT molecular complexity index is 346. The predicted octanol–water partition coefficient (Wildman–Crippen LogP) is -4.18. The summed E-state index contributed by atoms with van der Waals surface area (Å²) in [5, 5.41) is 0. The third kappa shape index (κ3) is 13.7. The molecule has 0 atom stereocenters. The van der Waals surface area contributed by atoms with Gasteiger partial charge in [-0.25, -0.2) is 9.59 Å². The average Bonchev–Trinajstić information content (AvgIpc) is 2.43. The van der Waals surface area contributed by atoms with Crippen LogP contribution in [0, 0.1) is 0 Å². The molecule has 23 heavy (non-hydrogen) atoms. The van der Waals surface area contributed by atoms with Crippen LogP contribution in [0.25, 0.3) is 0 Å². The first-order valence-electron chi connectivity index (χ1n) is 7.03. The Labute approximate surface area is 186 Å². The van der Waals surface area contributed by atoms with E-state index >= 15 is 0 Å². The van der Waals surface area contributed by atoms with Crippen LogP contribution in [0.2, 0.25) is 0 Å². The van der Waals surface area contributed by atoms with Crippen molar-refractivity contribution < 1.29 is 94.0 Å². The molecule has 0 spiro atoms. The molecular weight excluding hydrogens is 342 g/mol. The molecular formula is C13H26Na2O7Si. The first-order valence-corrected chi connectivity index (χ1v) is 8.66. The summed E-state index contributed by atoms with van der Waals surface area (Å²) < 4.78 is 26.0. The van der Waals surface area contributed by atoms with Crippen molar-refractivity contribution in [3.8, 4) is 0 Å². The molecule has 0 aliphatic carbocycles. The maximum atomic E-state index is 11.7. The molecule has 0 aromatic carbocycles. The van der Waals surface area contributed by atoms with Gasteiger partial charge < -0.3 is 25.3 Å². The first-order chi connectivity index (χ1) is 10.0. The fourth-order valence-corrected chi connectivity index (χ4v) is 3.09. The molecule has 0 aliphatic heterocycles. The van der Waals surface area contributed by atoms with Crippen molar-refractivity contribution in [1.29, 1.82) is 0 Å². The molecule has 7 nitrogen and oxygen atoms in total. The van der Waals surface area contributed by atoms with Gasteiger partial charge in [0.1, 0.15) is 0 Å². The summed E-state index contributed by atoms with van der Waals surface area (Å²) in [4.78, 5) is 23.0. The van der Waals surface area contributed by atoms with E-state index < -0.39 is 21.0 Å². The van der Waals surface area contributed by atoms with Gasteiger partial charge >= 0.3 is 80.1 Å². The molecule has 0 aromatic rings. The molecule has 0 radical (unpaired) electrons. The molecule has 0 aromatic heterocycles. The topological polar surface area (TPSA) is 80.3 Å². The van der Waals surface area contributed by atoms with E-state index in [1.807, 2.05) is 6.92 Å². The maximum Gasteiger partial charge on any atom is 1.00 e. The van der Waals surface area contributed by atoms with Crippen molar-refractivity contribution in [3.05, 3.63) is 12.2 Å². The van der Waals surface area contributed by atoms with Gasteiger partial charge in [-0.3, -0.25) is 0 Å². The molecule has 126 valence electrons. The van der Waals surface area contributed by atoms with Crippen LogP contribution in [0.15, 0.2) is 12.2 Å². The monoisotopic (exact) mass is 368 g/mol. The molecule has 0 heterocycles. The van der Waals surface area contributed by atoms with E-state index in [1.54, 1.807) is 20.8 Å². The molecule has 0 N–H and O–H groups in total. The second kappa shape index (κ2) is 17.6. The summed E-state index contributed by atoms with van der Waals surface area (Å²) in [6.45, 7) is 8.24.